The Bertz CT molecular complexity index is 1020. The van der Waals surface area contributed by atoms with Gasteiger partial charge < -0.3 is 15.3 Å². The van der Waals surface area contributed by atoms with Crippen LogP contribution < -0.4 is 10.2 Å². The number of hydrogen-bond donors (Lipinski definition) is 2. The number of aromatic nitrogens is 3. The van der Waals surface area contributed by atoms with E-state index >= 15 is 0 Å². The normalized spacial score (nSPS) is 14.9. The number of nitrogens with zero attached hydrogens (tertiary/aromatic N) is 4. The van der Waals surface area contributed by atoms with E-state index in [4.69, 9.17) is 4.98 Å². The van der Waals surface area contributed by atoms with E-state index in [-0.39, 0.29) is 5.75 Å². The van der Waals surface area contributed by atoms with Crippen LogP contribution in [0.3, 0.4) is 0 Å². The van der Waals surface area contributed by atoms with Crippen molar-refractivity contribution in [2.75, 3.05) is 31.1 Å². The summed E-state index contributed by atoms with van der Waals surface area (Å²) in [5, 5.41) is 14.6. The lowest BCUT2D eigenvalue weighted by molar-refractivity contribution is 0.475. The average molecular weight is 375 g/mol. The van der Waals surface area contributed by atoms with Crippen LogP contribution in [0.15, 0.2) is 36.8 Å². The third-order valence-corrected chi connectivity index (χ3v) is 5.16. The number of anilines is 1. The highest BCUT2D eigenvalue weighted by Gasteiger charge is 2.17. The summed E-state index contributed by atoms with van der Waals surface area (Å²) < 4.78 is 0. The third kappa shape index (κ3) is 3.43. The van der Waals surface area contributed by atoms with E-state index in [9.17, 15) is 5.11 Å². The summed E-state index contributed by atoms with van der Waals surface area (Å²) in [6.45, 7) is 7.85. The zero-order chi connectivity index (χ0) is 19.5. The lowest BCUT2D eigenvalue weighted by Gasteiger charge is -2.29. The number of allylic oxidation sites excluding steroid dienone is 1. The Morgan fingerprint density at radius 3 is 2.71 bits per heavy atom. The third-order valence-electron chi connectivity index (χ3n) is 5.16. The first-order chi connectivity index (χ1) is 13.7. The highest BCUT2D eigenvalue weighted by atomic mass is 16.3. The van der Waals surface area contributed by atoms with Crippen LogP contribution in [0, 0.1) is 0 Å². The molecule has 0 amide bonds. The molecule has 0 aliphatic carbocycles. The van der Waals surface area contributed by atoms with Gasteiger partial charge in [0.25, 0.3) is 0 Å². The molecule has 0 radical (unpaired) electrons. The van der Waals surface area contributed by atoms with Crippen LogP contribution in [0.5, 0.6) is 5.75 Å². The fourth-order valence-electron chi connectivity index (χ4n) is 3.85. The molecular formula is C22H25N5O. The molecule has 0 spiro atoms. The Balaban J connectivity index is 1.83. The van der Waals surface area contributed by atoms with Crippen LogP contribution in [0.2, 0.25) is 0 Å². The molecule has 0 saturated carbocycles. The summed E-state index contributed by atoms with van der Waals surface area (Å²) in [4.78, 5) is 16.0. The van der Waals surface area contributed by atoms with Crippen LogP contribution >= 0.6 is 0 Å². The summed E-state index contributed by atoms with van der Waals surface area (Å²) in [5.74, 6) is 1.18. The van der Waals surface area contributed by atoms with Crippen molar-refractivity contribution in [2.24, 2.45) is 0 Å². The first kappa shape index (κ1) is 18.4. The van der Waals surface area contributed by atoms with E-state index in [0.717, 1.165) is 66.1 Å². The first-order valence-electron chi connectivity index (χ1n) is 9.76. The lowest BCUT2D eigenvalue weighted by Crippen LogP contribution is -2.44. The van der Waals surface area contributed by atoms with Crippen molar-refractivity contribution >= 4 is 22.8 Å². The molecule has 4 rings (SSSR count). The van der Waals surface area contributed by atoms with Crippen LogP contribution in [-0.4, -0.2) is 46.2 Å². The number of aromatic hydroxyl groups is 1. The molecule has 6 heteroatoms. The van der Waals surface area contributed by atoms with Gasteiger partial charge in [0.2, 0.25) is 0 Å². The molecule has 6 nitrogen and oxygen atoms in total. The second-order valence-corrected chi connectivity index (χ2v) is 6.94. The Kier molecular flexibility index (Phi) is 5.21. The maximum atomic E-state index is 10.2. The number of phenolic OH excluding ortho intramolecular Hbond substituents is 1. The van der Waals surface area contributed by atoms with Crippen molar-refractivity contribution in [3.8, 4) is 17.0 Å². The van der Waals surface area contributed by atoms with E-state index in [0.29, 0.717) is 0 Å². The van der Waals surface area contributed by atoms with E-state index in [1.807, 2.05) is 31.3 Å². The molecule has 2 N–H and O–H groups in total. The van der Waals surface area contributed by atoms with Gasteiger partial charge in [0.15, 0.2) is 0 Å². The lowest BCUT2D eigenvalue weighted by atomic mass is 9.95. The highest BCUT2D eigenvalue weighted by Crippen LogP contribution is 2.33. The van der Waals surface area contributed by atoms with E-state index < -0.39 is 0 Å². The minimum atomic E-state index is 0.242. The number of rotatable bonds is 4. The maximum absolute atomic E-state index is 10.2. The Morgan fingerprint density at radius 1 is 1.14 bits per heavy atom. The molecular weight excluding hydrogens is 350 g/mol. The SMILES string of the molecule is C/C=C\c1cc(O)cc(-c2cc3ncnc(N4CCNCC4)c3cn2)c1CC. The Hall–Kier alpha value is -2.99. The van der Waals surface area contributed by atoms with E-state index in [1.54, 1.807) is 18.5 Å². The highest BCUT2D eigenvalue weighted by molar-refractivity contribution is 5.91. The topological polar surface area (TPSA) is 74.2 Å². The number of benzene rings is 1. The largest absolute Gasteiger partial charge is 0.508 e. The smallest absolute Gasteiger partial charge is 0.141 e. The minimum absolute atomic E-state index is 0.242. The monoisotopic (exact) mass is 375 g/mol. The Labute approximate surface area is 165 Å². The van der Waals surface area contributed by atoms with Gasteiger partial charge in [-0.3, -0.25) is 4.98 Å². The van der Waals surface area contributed by atoms with Gasteiger partial charge in [-0.2, -0.15) is 0 Å². The zero-order valence-corrected chi connectivity index (χ0v) is 16.3. The molecule has 1 aliphatic heterocycles. The number of pyridine rings is 1. The molecule has 144 valence electrons. The quantitative estimate of drug-likeness (QED) is 0.728. The van der Waals surface area contributed by atoms with Gasteiger partial charge in [-0.1, -0.05) is 19.1 Å². The molecule has 3 aromatic rings. The fraction of sp³-hybridized carbons (Fsp3) is 0.318. The Morgan fingerprint density at radius 2 is 1.96 bits per heavy atom. The van der Waals surface area contributed by atoms with Gasteiger partial charge in [0, 0.05) is 37.9 Å². The zero-order valence-electron chi connectivity index (χ0n) is 16.3. The van der Waals surface area contributed by atoms with Gasteiger partial charge in [0.1, 0.15) is 17.9 Å². The van der Waals surface area contributed by atoms with Crippen LogP contribution in [0.4, 0.5) is 5.82 Å². The van der Waals surface area contributed by atoms with E-state index in [2.05, 4.69) is 27.1 Å². The second-order valence-electron chi connectivity index (χ2n) is 6.94. The summed E-state index contributed by atoms with van der Waals surface area (Å²) in [6.07, 6.45) is 8.34. The van der Waals surface area contributed by atoms with Crippen LogP contribution in [0.1, 0.15) is 25.0 Å². The molecule has 1 aromatic carbocycles. The number of nitrogens with one attached hydrogen (secondary N) is 1. The molecule has 1 fully saturated rings. The molecule has 0 unspecified atom stereocenters. The standard InChI is InChI=1S/C22H25N5O/c1-3-5-15-10-16(28)11-18(17(15)4-2)20-12-21-19(13-24-20)22(26-14-25-21)27-8-6-23-7-9-27/h3,5,10-14,23,28H,4,6-9H2,1-2H3/b5-3-. The predicted molar refractivity (Wildman–Crippen MR) is 114 cm³/mol. The summed E-state index contributed by atoms with van der Waals surface area (Å²) in [7, 11) is 0. The molecule has 1 saturated heterocycles. The summed E-state index contributed by atoms with van der Waals surface area (Å²) >= 11 is 0. The van der Waals surface area contributed by atoms with Crippen molar-refractivity contribution in [3.05, 3.63) is 47.9 Å². The van der Waals surface area contributed by atoms with E-state index in [1.165, 1.54) is 5.56 Å². The molecule has 0 bridgehead atoms. The van der Waals surface area contributed by atoms with Gasteiger partial charge in [-0.15, -0.1) is 0 Å². The van der Waals surface area contributed by atoms with Gasteiger partial charge >= 0.3 is 0 Å². The van der Waals surface area contributed by atoms with Gasteiger partial charge in [0.05, 0.1) is 16.6 Å². The molecule has 0 atom stereocenters. The molecule has 2 aromatic heterocycles. The average Bonchev–Trinajstić information content (AvgIpc) is 2.73. The van der Waals surface area contributed by atoms with Crippen molar-refractivity contribution in [1.82, 2.24) is 20.3 Å². The van der Waals surface area contributed by atoms with Crippen molar-refractivity contribution < 1.29 is 5.11 Å². The van der Waals surface area contributed by atoms with Crippen LogP contribution in [0.25, 0.3) is 28.2 Å². The van der Waals surface area contributed by atoms with Gasteiger partial charge in [-0.05, 0) is 42.7 Å². The first-order valence-corrected chi connectivity index (χ1v) is 9.76. The molecule has 3 heterocycles. The molecule has 1 aliphatic rings. The number of hydrogen-bond acceptors (Lipinski definition) is 6. The van der Waals surface area contributed by atoms with Crippen molar-refractivity contribution in [2.45, 2.75) is 20.3 Å². The maximum Gasteiger partial charge on any atom is 0.141 e. The number of fused-ring (bicyclic) bond motifs is 1. The second kappa shape index (κ2) is 7.94. The van der Waals surface area contributed by atoms with Gasteiger partial charge in [-0.25, -0.2) is 9.97 Å². The minimum Gasteiger partial charge on any atom is -0.508 e. The van der Waals surface area contributed by atoms with Crippen molar-refractivity contribution in [1.29, 1.82) is 0 Å². The number of phenols is 1. The van der Waals surface area contributed by atoms with Crippen molar-refractivity contribution in [3.63, 3.8) is 0 Å². The summed E-state index contributed by atoms with van der Waals surface area (Å²) in [5.41, 5.74) is 4.81. The summed E-state index contributed by atoms with van der Waals surface area (Å²) in [6, 6.07) is 5.59. The van der Waals surface area contributed by atoms with Crippen LogP contribution in [-0.2, 0) is 6.42 Å². The number of piperazine rings is 1. The predicted octanol–water partition coefficient (Wildman–Crippen LogP) is 3.40. The fourth-order valence-corrected chi connectivity index (χ4v) is 3.85. The molecule has 28 heavy (non-hydrogen) atoms.